The van der Waals surface area contributed by atoms with Crippen LogP contribution in [0.15, 0.2) is 41.6 Å². The van der Waals surface area contributed by atoms with Crippen molar-refractivity contribution in [2.24, 2.45) is 5.16 Å². The molecule has 0 amide bonds. The van der Waals surface area contributed by atoms with E-state index in [2.05, 4.69) is 17.1 Å². The molecular formula is C16H16ClN2O. The Hall–Kier alpha value is -1.87. The van der Waals surface area contributed by atoms with E-state index in [1.807, 2.05) is 44.2 Å². The molecule has 1 radical (unpaired) electrons. The van der Waals surface area contributed by atoms with Crippen molar-refractivity contribution < 1.29 is 4.84 Å². The SMILES string of the molecule is [CH2]c1cc(/C(C)=N/OCc2cccc(C)n2)ccc1Cl. The molecule has 0 N–H and O–H groups in total. The van der Waals surface area contributed by atoms with E-state index in [9.17, 15) is 0 Å². The molecule has 0 fully saturated rings. The van der Waals surface area contributed by atoms with E-state index in [-0.39, 0.29) is 0 Å². The van der Waals surface area contributed by atoms with Gasteiger partial charge in [0, 0.05) is 10.7 Å². The predicted molar refractivity (Wildman–Crippen MR) is 81.9 cm³/mol. The van der Waals surface area contributed by atoms with Gasteiger partial charge in [0.25, 0.3) is 0 Å². The summed E-state index contributed by atoms with van der Waals surface area (Å²) in [6, 6.07) is 11.4. The van der Waals surface area contributed by atoms with Crippen molar-refractivity contribution >= 4 is 17.3 Å². The zero-order valence-corrected chi connectivity index (χ0v) is 12.3. The van der Waals surface area contributed by atoms with Crippen LogP contribution in [0.5, 0.6) is 0 Å². The number of hydrogen-bond acceptors (Lipinski definition) is 3. The molecule has 0 aliphatic heterocycles. The predicted octanol–water partition coefficient (Wildman–Crippen LogP) is 4.17. The van der Waals surface area contributed by atoms with Crippen LogP contribution in [0.1, 0.15) is 29.4 Å². The first kappa shape index (κ1) is 14.5. The fraction of sp³-hybridized carbons (Fsp3) is 0.188. The van der Waals surface area contributed by atoms with Gasteiger partial charge in [0.1, 0.15) is 0 Å². The van der Waals surface area contributed by atoms with E-state index in [0.717, 1.165) is 28.2 Å². The third-order valence-corrected chi connectivity index (χ3v) is 3.19. The highest BCUT2D eigenvalue weighted by molar-refractivity contribution is 6.31. The molecule has 3 nitrogen and oxygen atoms in total. The number of oxime groups is 1. The minimum Gasteiger partial charge on any atom is -0.389 e. The molecule has 0 saturated heterocycles. The van der Waals surface area contributed by atoms with Gasteiger partial charge >= 0.3 is 0 Å². The zero-order chi connectivity index (χ0) is 14.5. The Balaban J connectivity index is 2.02. The zero-order valence-electron chi connectivity index (χ0n) is 11.6. The second kappa shape index (κ2) is 6.53. The van der Waals surface area contributed by atoms with Crippen LogP contribution in [0.2, 0.25) is 5.02 Å². The van der Waals surface area contributed by atoms with Crippen molar-refractivity contribution in [3.63, 3.8) is 0 Å². The summed E-state index contributed by atoms with van der Waals surface area (Å²) in [6.45, 7) is 8.04. The van der Waals surface area contributed by atoms with E-state index in [0.29, 0.717) is 11.6 Å². The van der Waals surface area contributed by atoms with Crippen molar-refractivity contribution in [3.8, 4) is 0 Å². The number of aromatic nitrogens is 1. The van der Waals surface area contributed by atoms with E-state index in [1.54, 1.807) is 6.07 Å². The maximum absolute atomic E-state index is 5.94. The fourth-order valence-corrected chi connectivity index (χ4v) is 1.85. The van der Waals surface area contributed by atoms with Crippen LogP contribution in [0.25, 0.3) is 0 Å². The van der Waals surface area contributed by atoms with Gasteiger partial charge in [0.05, 0.1) is 11.4 Å². The highest BCUT2D eigenvalue weighted by Crippen LogP contribution is 2.16. The summed E-state index contributed by atoms with van der Waals surface area (Å²) in [7, 11) is 0. The third kappa shape index (κ3) is 3.81. The molecule has 0 aliphatic carbocycles. The Morgan fingerprint density at radius 1 is 1.35 bits per heavy atom. The third-order valence-electron chi connectivity index (χ3n) is 2.82. The fourth-order valence-electron chi connectivity index (χ4n) is 1.73. The van der Waals surface area contributed by atoms with Crippen molar-refractivity contribution in [2.75, 3.05) is 0 Å². The van der Waals surface area contributed by atoms with Crippen molar-refractivity contribution in [1.29, 1.82) is 0 Å². The molecule has 0 aliphatic rings. The number of benzene rings is 1. The molecule has 0 atom stereocenters. The number of halogens is 1. The molecule has 0 unspecified atom stereocenters. The van der Waals surface area contributed by atoms with Gasteiger partial charge in [-0.1, -0.05) is 28.9 Å². The minimum absolute atomic E-state index is 0.351. The molecule has 1 heterocycles. The van der Waals surface area contributed by atoms with Crippen LogP contribution < -0.4 is 0 Å². The van der Waals surface area contributed by atoms with Gasteiger partial charge < -0.3 is 4.84 Å². The molecule has 1 aromatic carbocycles. The summed E-state index contributed by atoms with van der Waals surface area (Å²) < 4.78 is 0. The highest BCUT2D eigenvalue weighted by Gasteiger charge is 2.02. The van der Waals surface area contributed by atoms with Gasteiger partial charge in [0.15, 0.2) is 6.61 Å². The lowest BCUT2D eigenvalue weighted by molar-refractivity contribution is 0.127. The quantitative estimate of drug-likeness (QED) is 0.625. The second-order valence-corrected chi connectivity index (χ2v) is 4.93. The summed E-state index contributed by atoms with van der Waals surface area (Å²) in [5.41, 5.74) is 4.32. The maximum atomic E-state index is 5.94. The topological polar surface area (TPSA) is 34.5 Å². The lowest BCUT2D eigenvalue weighted by Gasteiger charge is -2.05. The smallest absolute Gasteiger partial charge is 0.159 e. The Labute approximate surface area is 124 Å². The van der Waals surface area contributed by atoms with Crippen LogP contribution >= 0.6 is 11.6 Å². The number of hydrogen-bond donors (Lipinski definition) is 0. The first-order chi connectivity index (χ1) is 9.56. The molecule has 1 aromatic heterocycles. The molecule has 2 aromatic rings. The molecular weight excluding hydrogens is 272 g/mol. The van der Waals surface area contributed by atoms with Gasteiger partial charge in [-0.2, -0.15) is 0 Å². The first-order valence-corrected chi connectivity index (χ1v) is 6.65. The van der Waals surface area contributed by atoms with Crippen molar-refractivity contribution in [3.05, 3.63) is 70.9 Å². The minimum atomic E-state index is 0.351. The maximum Gasteiger partial charge on any atom is 0.159 e. The van der Waals surface area contributed by atoms with Crippen LogP contribution in [0, 0.1) is 13.8 Å². The summed E-state index contributed by atoms with van der Waals surface area (Å²) in [4.78, 5) is 9.68. The molecule has 103 valence electrons. The molecule has 20 heavy (non-hydrogen) atoms. The monoisotopic (exact) mass is 287 g/mol. The van der Waals surface area contributed by atoms with Gasteiger partial charge in [-0.05, 0) is 56.2 Å². The summed E-state index contributed by atoms with van der Waals surface area (Å²) in [6.07, 6.45) is 0. The Kier molecular flexibility index (Phi) is 4.74. The summed E-state index contributed by atoms with van der Waals surface area (Å²) in [5, 5.41) is 4.74. The first-order valence-electron chi connectivity index (χ1n) is 6.27. The highest BCUT2D eigenvalue weighted by atomic mass is 35.5. The Bertz CT molecular complexity index is 638. The summed E-state index contributed by atoms with van der Waals surface area (Å²) >= 11 is 5.94. The van der Waals surface area contributed by atoms with Gasteiger partial charge in [-0.25, -0.2) is 0 Å². The van der Waals surface area contributed by atoms with E-state index >= 15 is 0 Å². The summed E-state index contributed by atoms with van der Waals surface area (Å²) in [5.74, 6) is 0. The second-order valence-electron chi connectivity index (χ2n) is 4.53. The average Bonchev–Trinajstić information content (AvgIpc) is 2.42. The molecule has 2 rings (SSSR count). The van der Waals surface area contributed by atoms with E-state index in [4.69, 9.17) is 16.4 Å². The van der Waals surface area contributed by atoms with Crippen molar-refractivity contribution in [2.45, 2.75) is 20.5 Å². The molecule has 0 saturated carbocycles. The van der Waals surface area contributed by atoms with Gasteiger partial charge in [0.2, 0.25) is 0 Å². The van der Waals surface area contributed by atoms with Gasteiger partial charge in [-0.3, -0.25) is 4.98 Å². The molecule has 4 heteroatoms. The number of rotatable bonds is 4. The molecule has 0 bridgehead atoms. The van der Waals surface area contributed by atoms with Gasteiger partial charge in [-0.15, -0.1) is 0 Å². The number of nitrogens with zero attached hydrogens (tertiary/aromatic N) is 2. The Morgan fingerprint density at radius 2 is 2.15 bits per heavy atom. The lowest BCUT2D eigenvalue weighted by Crippen LogP contribution is -1.99. The number of pyridine rings is 1. The molecule has 0 spiro atoms. The van der Waals surface area contributed by atoms with E-state index in [1.165, 1.54) is 0 Å². The van der Waals surface area contributed by atoms with Crippen LogP contribution in [0.3, 0.4) is 0 Å². The van der Waals surface area contributed by atoms with Crippen LogP contribution in [0.4, 0.5) is 0 Å². The number of aryl methyl sites for hydroxylation is 1. The lowest BCUT2D eigenvalue weighted by atomic mass is 10.1. The van der Waals surface area contributed by atoms with E-state index < -0.39 is 0 Å². The average molecular weight is 288 g/mol. The largest absolute Gasteiger partial charge is 0.389 e. The van der Waals surface area contributed by atoms with Crippen LogP contribution in [-0.4, -0.2) is 10.7 Å². The Morgan fingerprint density at radius 3 is 2.85 bits per heavy atom. The normalized spacial score (nSPS) is 11.5. The standard InChI is InChI=1S/C16H16ClN2O/c1-11-9-14(7-8-16(11)17)13(3)19-20-10-15-6-4-5-12(2)18-15/h4-9H,1,10H2,2-3H3/b19-13+. The van der Waals surface area contributed by atoms with Crippen molar-refractivity contribution in [1.82, 2.24) is 4.98 Å². The van der Waals surface area contributed by atoms with Crippen LogP contribution in [-0.2, 0) is 11.4 Å².